The van der Waals surface area contributed by atoms with Gasteiger partial charge < -0.3 is 21.5 Å². The van der Waals surface area contributed by atoms with Gasteiger partial charge in [0.2, 0.25) is 5.91 Å². The first kappa shape index (κ1) is 17.5. The second kappa shape index (κ2) is 9.42. The summed E-state index contributed by atoms with van der Waals surface area (Å²) >= 11 is 0. The maximum atomic E-state index is 11.9. The predicted octanol–water partition coefficient (Wildman–Crippen LogP) is 0.411. The number of hydrogen-bond acceptors (Lipinski definition) is 4. The highest BCUT2D eigenvalue weighted by molar-refractivity contribution is 5.94. The molecule has 0 bridgehead atoms. The Morgan fingerprint density at radius 2 is 1.95 bits per heavy atom. The molecule has 0 aromatic heterocycles. The normalized spacial score (nSPS) is 11.3. The third-order valence-corrected chi connectivity index (χ3v) is 3.03. The molecule has 1 aromatic carbocycles. The number of carbonyl (C=O) groups excluding carboxylic acids is 2. The molecule has 1 atom stereocenters. The average molecular weight is 303 g/mol. The molecule has 22 heavy (non-hydrogen) atoms. The van der Waals surface area contributed by atoms with Gasteiger partial charge in [0.05, 0.1) is 6.04 Å². The maximum Gasteiger partial charge on any atom is 0.251 e. The number of terminal acetylenes is 1. The van der Waals surface area contributed by atoms with Crippen LogP contribution in [0.1, 0.15) is 29.6 Å². The van der Waals surface area contributed by atoms with Crippen molar-refractivity contribution in [2.45, 2.75) is 25.3 Å². The van der Waals surface area contributed by atoms with Gasteiger partial charge in [-0.3, -0.25) is 9.59 Å². The van der Waals surface area contributed by atoms with Crippen LogP contribution in [-0.4, -0.2) is 31.0 Å². The lowest BCUT2D eigenvalue weighted by Gasteiger charge is -2.08. The number of nitrogens with one attached hydrogen (secondary N) is 1. The molecule has 5 N–H and O–H groups in total. The zero-order valence-electron chi connectivity index (χ0n) is 12.4. The van der Waals surface area contributed by atoms with E-state index in [1.165, 1.54) is 0 Å². The monoisotopic (exact) mass is 303 g/mol. The molecular formula is C16H21N3O3. The maximum absolute atomic E-state index is 11.9. The van der Waals surface area contributed by atoms with Crippen LogP contribution in [0.4, 0.5) is 0 Å². The van der Waals surface area contributed by atoms with Gasteiger partial charge in [0, 0.05) is 12.1 Å². The molecule has 6 heteroatoms. The molecule has 6 nitrogen and oxygen atoms in total. The van der Waals surface area contributed by atoms with Crippen LogP contribution in [0.2, 0.25) is 0 Å². The molecule has 118 valence electrons. The summed E-state index contributed by atoms with van der Waals surface area (Å²) in [6, 6.07) is 6.11. The summed E-state index contributed by atoms with van der Waals surface area (Å²) < 4.78 is 5.23. The van der Waals surface area contributed by atoms with E-state index in [2.05, 4.69) is 11.2 Å². The summed E-state index contributed by atoms with van der Waals surface area (Å²) in [4.78, 5) is 22.6. The molecular weight excluding hydrogens is 282 g/mol. The van der Waals surface area contributed by atoms with Crippen LogP contribution in [-0.2, 0) is 4.79 Å². The predicted molar refractivity (Wildman–Crippen MR) is 84.1 cm³/mol. The van der Waals surface area contributed by atoms with Crippen molar-refractivity contribution in [3.05, 3.63) is 29.8 Å². The third kappa shape index (κ3) is 6.29. The van der Waals surface area contributed by atoms with Crippen LogP contribution < -0.4 is 21.5 Å². The number of hydrogen-bond donors (Lipinski definition) is 3. The van der Waals surface area contributed by atoms with Crippen LogP contribution in [0, 0.1) is 12.3 Å². The molecule has 2 amide bonds. The lowest BCUT2D eigenvalue weighted by atomic mass is 10.1. The van der Waals surface area contributed by atoms with Gasteiger partial charge >= 0.3 is 0 Å². The number of carbonyl (C=O) groups is 2. The standard InChI is InChI=1S/C16H21N3O3/c1-2-11-22-13-8-6-12(7-9-13)16(21)19-10-4-3-5-14(17)15(18)20/h1,6-9,14H,3-5,10-11,17H2,(H2,18,20)(H,19,21)/t14-/m0/s1. The summed E-state index contributed by atoms with van der Waals surface area (Å²) in [5, 5.41) is 2.80. The van der Waals surface area contributed by atoms with Gasteiger partial charge in [0.1, 0.15) is 12.4 Å². The van der Waals surface area contributed by atoms with E-state index >= 15 is 0 Å². The topological polar surface area (TPSA) is 107 Å². The van der Waals surface area contributed by atoms with Crippen molar-refractivity contribution in [1.29, 1.82) is 0 Å². The minimum absolute atomic E-state index is 0.164. The molecule has 0 radical (unpaired) electrons. The summed E-state index contributed by atoms with van der Waals surface area (Å²) in [5.41, 5.74) is 11.1. The van der Waals surface area contributed by atoms with E-state index in [0.29, 0.717) is 24.3 Å². The fourth-order valence-electron chi connectivity index (χ4n) is 1.76. The Labute approximate surface area is 130 Å². The largest absolute Gasteiger partial charge is 0.481 e. The zero-order valence-corrected chi connectivity index (χ0v) is 12.4. The van der Waals surface area contributed by atoms with Gasteiger partial charge in [-0.15, -0.1) is 6.42 Å². The van der Waals surface area contributed by atoms with E-state index in [4.69, 9.17) is 22.6 Å². The number of rotatable bonds is 9. The summed E-state index contributed by atoms with van der Waals surface area (Å²) in [7, 11) is 0. The minimum atomic E-state index is -0.619. The highest BCUT2D eigenvalue weighted by Gasteiger charge is 2.08. The van der Waals surface area contributed by atoms with Crippen LogP contribution in [0.5, 0.6) is 5.75 Å². The highest BCUT2D eigenvalue weighted by atomic mass is 16.5. The first-order valence-corrected chi connectivity index (χ1v) is 7.04. The van der Waals surface area contributed by atoms with E-state index in [1.807, 2.05) is 0 Å². The Kier molecular flexibility index (Phi) is 7.51. The van der Waals surface area contributed by atoms with Gasteiger partial charge in [0.25, 0.3) is 5.91 Å². The number of nitrogens with two attached hydrogens (primary N) is 2. The Hall–Kier alpha value is -2.52. The van der Waals surface area contributed by atoms with E-state index in [-0.39, 0.29) is 12.5 Å². The number of amides is 2. The summed E-state index contributed by atoms with van der Waals surface area (Å²) in [6.07, 6.45) is 7.07. The minimum Gasteiger partial charge on any atom is -0.481 e. The first-order chi connectivity index (χ1) is 10.5. The van der Waals surface area contributed by atoms with E-state index in [0.717, 1.165) is 12.8 Å². The molecule has 1 rings (SSSR count). The quantitative estimate of drug-likeness (QED) is 0.453. The lowest BCUT2D eigenvalue weighted by Crippen LogP contribution is -2.36. The number of unbranched alkanes of at least 4 members (excludes halogenated alkanes) is 1. The molecule has 0 heterocycles. The first-order valence-electron chi connectivity index (χ1n) is 7.04. The van der Waals surface area contributed by atoms with Gasteiger partial charge in [-0.2, -0.15) is 0 Å². The molecule has 0 saturated carbocycles. The number of primary amides is 1. The number of ether oxygens (including phenoxy) is 1. The smallest absolute Gasteiger partial charge is 0.251 e. The molecule has 0 unspecified atom stereocenters. The van der Waals surface area contributed by atoms with Gasteiger partial charge in [-0.25, -0.2) is 0 Å². The van der Waals surface area contributed by atoms with Crippen LogP contribution in [0.15, 0.2) is 24.3 Å². The average Bonchev–Trinajstić information content (AvgIpc) is 2.52. The second-order valence-electron chi connectivity index (χ2n) is 4.78. The van der Waals surface area contributed by atoms with Crippen molar-refractivity contribution < 1.29 is 14.3 Å². The third-order valence-electron chi connectivity index (χ3n) is 3.03. The fourth-order valence-corrected chi connectivity index (χ4v) is 1.76. The van der Waals surface area contributed by atoms with Crippen LogP contribution >= 0.6 is 0 Å². The van der Waals surface area contributed by atoms with E-state index in [9.17, 15) is 9.59 Å². The fraction of sp³-hybridized carbons (Fsp3) is 0.375. The Morgan fingerprint density at radius 3 is 2.55 bits per heavy atom. The molecule has 0 aliphatic heterocycles. The lowest BCUT2D eigenvalue weighted by molar-refractivity contribution is -0.119. The summed E-state index contributed by atoms with van der Waals surface area (Å²) in [6.45, 7) is 0.707. The van der Waals surface area contributed by atoms with Crippen molar-refractivity contribution >= 4 is 11.8 Å². The van der Waals surface area contributed by atoms with E-state index < -0.39 is 11.9 Å². The summed E-state index contributed by atoms with van der Waals surface area (Å²) in [5.74, 6) is 2.32. The van der Waals surface area contributed by atoms with Crippen molar-refractivity contribution in [1.82, 2.24) is 5.32 Å². The molecule has 0 fully saturated rings. The van der Waals surface area contributed by atoms with Gasteiger partial charge in [-0.1, -0.05) is 5.92 Å². The Balaban J connectivity index is 2.28. The molecule has 0 spiro atoms. The van der Waals surface area contributed by atoms with Crippen LogP contribution in [0.3, 0.4) is 0 Å². The zero-order chi connectivity index (χ0) is 16.4. The molecule has 0 aliphatic carbocycles. The van der Waals surface area contributed by atoms with Crippen molar-refractivity contribution in [3.8, 4) is 18.1 Å². The Morgan fingerprint density at radius 1 is 1.27 bits per heavy atom. The number of benzene rings is 1. The van der Waals surface area contributed by atoms with Crippen molar-refractivity contribution in [3.63, 3.8) is 0 Å². The van der Waals surface area contributed by atoms with E-state index in [1.54, 1.807) is 24.3 Å². The highest BCUT2D eigenvalue weighted by Crippen LogP contribution is 2.12. The SMILES string of the molecule is C#CCOc1ccc(C(=O)NCCCC[C@H](N)C(N)=O)cc1. The molecule has 0 aliphatic rings. The Bertz CT molecular complexity index is 535. The molecule has 1 aromatic rings. The van der Waals surface area contributed by atoms with Crippen LogP contribution in [0.25, 0.3) is 0 Å². The second-order valence-corrected chi connectivity index (χ2v) is 4.78. The van der Waals surface area contributed by atoms with Gasteiger partial charge in [-0.05, 0) is 43.5 Å². The van der Waals surface area contributed by atoms with Crippen molar-refractivity contribution in [2.75, 3.05) is 13.2 Å². The van der Waals surface area contributed by atoms with Gasteiger partial charge in [0.15, 0.2) is 0 Å². The molecule has 0 saturated heterocycles. The van der Waals surface area contributed by atoms with Crippen molar-refractivity contribution in [2.24, 2.45) is 11.5 Å².